The summed E-state index contributed by atoms with van der Waals surface area (Å²) >= 11 is 5.77. The van der Waals surface area contributed by atoms with E-state index < -0.39 is 18.2 Å². The van der Waals surface area contributed by atoms with Crippen molar-refractivity contribution in [3.63, 3.8) is 0 Å². The number of nitrogens with one attached hydrogen (secondary N) is 2. The van der Waals surface area contributed by atoms with Crippen LogP contribution in [0.3, 0.4) is 0 Å². The highest BCUT2D eigenvalue weighted by molar-refractivity contribution is 14.1. The van der Waals surface area contributed by atoms with Crippen LogP contribution in [0, 0.1) is 10.7 Å². The highest BCUT2D eigenvalue weighted by atomic mass is 127. The van der Waals surface area contributed by atoms with Crippen LogP contribution in [0.4, 0.5) is 11.4 Å². The minimum absolute atomic E-state index is 0.0770. The van der Waals surface area contributed by atoms with Crippen LogP contribution >= 0.6 is 67.8 Å². The molecule has 0 bridgehead atoms. The summed E-state index contributed by atoms with van der Waals surface area (Å²) in [6.07, 6.45) is -1.54. The van der Waals surface area contributed by atoms with Gasteiger partial charge in [0, 0.05) is 20.5 Å². The molecule has 0 spiro atoms. The van der Waals surface area contributed by atoms with E-state index >= 15 is 0 Å². The summed E-state index contributed by atoms with van der Waals surface area (Å²) in [6, 6.07) is 0. The third-order valence-corrected chi connectivity index (χ3v) is 6.37. The van der Waals surface area contributed by atoms with Gasteiger partial charge in [-0.15, -0.1) is 0 Å². The second-order valence-electron chi connectivity index (χ2n) is 5.37. The van der Waals surface area contributed by atoms with Crippen molar-refractivity contribution in [1.29, 1.82) is 0 Å². The zero-order chi connectivity index (χ0) is 22.3. The molecule has 0 heterocycles. The molecule has 0 aliphatic carbocycles. The zero-order valence-corrected chi connectivity index (χ0v) is 22.5. The van der Waals surface area contributed by atoms with E-state index in [1.54, 1.807) is 13.8 Å². The average molecular weight is 744 g/mol. The van der Waals surface area contributed by atoms with Crippen molar-refractivity contribution in [2.45, 2.75) is 34.0 Å². The first-order chi connectivity index (χ1) is 13.5. The number of benzene rings is 1. The number of ether oxygens (including phenoxy) is 3. The molecule has 1 aromatic carbocycles. The van der Waals surface area contributed by atoms with Crippen LogP contribution in [0.2, 0.25) is 0 Å². The third kappa shape index (κ3) is 7.16. The molecule has 1 unspecified atom stereocenters. The highest BCUT2D eigenvalue weighted by Gasteiger charge is 2.31. The fraction of sp³-hybridized carbons (Fsp3) is 0.412. The van der Waals surface area contributed by atoms with Gasteiger partial charge in [-0.3, -0.25) is 9.59 Å². The van der Waals surface area contributed by atoms with E-state index in [1.807, 2.05) is 67.8 Å². The fourth-order valence-corrected chi connectivity index (χ4v) is 6.23. The van der Waals surface area contributed by atoms with Crippen LogP contribution in [0.15, 0.2) is 0 Å². The molecule has 0 aliphatic heterocycles. The maximum atomic E-state index is 12.9. The van der Waals surface area contributed by atoms with Gasteiger partial charge in [0.05, 0.1) is 34.3 Å². The van der Waals surface area contributed by atoms with Crippen LogP contribution in [0.25, 0.3) is 0 Å². The molecular weight excluding hydrogens is 725 g/mol. The Bertz CT molecular complexity index is 787. The first-order valence-corrected chi connectivity index (χ1v) is 11.5. The van der Waals surface area contributed by atoms with Crippen molar-refractivity contribution >= 4 is 103 Å². The third-order valence-electron chi connectivity index (χ3n) is 3.13. The number of amides is 2. The van der Waals surface area contributed by atoms with Crippen LogP contribution in [0.5, 0.6) is 0 Å². The number of hydrogen-bond acceptors (Lipinski definition) is 7. The molecule has 0 saturated heterocycles. The summed E-state index contributed by atoms with van der Waals surface area (Å²) in [4.78, 5) is 48.2. The number of carbonyl (C=O) groups excluding carboxylic acids is 4. The van der Waals surface area contributed by atoms with Crippen molar-refractivity contribution < 1.29 is 33.4 Å². The Labute approximate surface area is 208 Å². The van der Waals surface area contributed by atoms with Crippen molar-refractivity contribution in [2.75, 3.05) is 23.8 Å². The normalized spacial score (nSPS) is 11.4. The molecule has 12 heteroatoms. The molecule has 1 aromatic rings. The summed E-state index contributed by atoms with van der Waals surface area (Å²) in [6.45, 7) is 6.12. The van der Waals surface area contributed by atoms with Gasteiger partial charge in [-0.2, -0.15) is 0 Å². The van der Waals surface area contributed by atoms with E-state index in [2.05, 4.69) is 10.6 Å². The molecule has 2 amide bonds. The van der Waals surface area contributed by atoms with E-state index in [-0.39, 0.29) is 30.6 Å². The lowest BCUT2D eigenvalue weighted by Gasteiger charge is -2.21. The SMILES string of the molecule is CCOC(=O)C(OCC)OC(=O)c1c(I)c(NC(C)=O)c(I)c(NC(C)=O)c1I. The Balaban J connectivity index is 3.50. The number of rotatable bonds is 8. The van der Waals surface area contributed by atoms with Gasteiger partial charge in [0.2, 0.25) is 11.8 Å². The van der Waals surface area contributed by atoms with E-state index in [0.29, 0.717) is 22.1 Å². The van der Waals surface area contributed by atoms with Crippen LogP contribution < -0.4 is 10.6 Å². The Hall–Kier alpha value is -0.750. The van der Waals surface area contributed by atoms with Gasteiger partial charge < -0.3 is 24.8 Å². The summed E-state index contributed by atoms with van der Waals surface area (Å²) in [5.74, 6) is -2.40. The van der Waals surface area contributed by atoms with E-state index in [0.717, 1.165) is 0 Å². The Morgan fingerprint density at radius 1 is 0.862 bits per heavy atom. The monoisotopic (exact) mass is 744 g/mol. The largest absolute Gasteiger partial charge is 0.461 e. The summed E-state index contributed by atoms with van der Waals surface area (Å²) in [5.41, 5.74) is 0.769. The lowest BCUT2D eigenvalue weighted by atomic mass is 10.1. The minimum Gasteiger partial charge on any atom is -0.461 e. The number of anilines is 2. The lowest BCUT2D eigenvalue weighted by molar-refractivity contribution is -0.182. The van der Waals surface area contributed by atoms with Gasteiger partial charge in [0.15, 0.2) is 0 Å². The number of esters is 2. The number of carbonyl (C=O) groups is 4. The van der Waals surface area contributed by atoms with Crippen molar-refractivity contribution in [3.8, 4) is 0 Å². The van der Waals surface area contributed by atoms with Gasteiger partial charge in [-0.25, -0.2) is 9.59 Å². The molecule has 0 aliphatic rings. The van der Waals surface area contributed by atoms with Crippen LogP contribution in [-0.4, -0.2) is 43.3 Å². The van der Waals surface area contributed by atoms with Crippen LogP contribution in [-0.2, 0) is 28.6 Å². The zero-order valence-electron chi connectivity index (χ0n) is 16.0. The van der Waals surface area contributed by atoms with Crippen molar-refractivity contribution in [1.82, 2.24) is 0 Å². The Morgan fingerprint density at radius 3 is 1.72 bits per heavy atom. The second kappa shape index (κ2) is 12.2. The standard InChI is InChI=1S/C17H19I3N2O7/c1-5-27-16(26)17(28-6-2)29-15(25)9-10(18)13(21-7(3)23)12(20)14(11(9)19)22-8(4)24/h17H,5-6H2,1-4H3,(H,21,23)(H,22,24). The van der Waals surface area contributed by atoms with Gasteiger partial charge in [0.25, 0.3) is 0 Å². The Morgan fingerprint density at radius 2 is 1.34 bits per heavy atom. The predicted octanol–water partition coefficient (Wildman–Crippen LogP) is 3.50. The van der Waals surface area contributed by atoms with E-state index in [9.17, 15) is 19.2 Å². The lowest BCUT2D eigenvalue weighted by Crippen LogP contribution is -2.32. The first-order valence-electron chi connectivity index (χ1n) is 8.29. The summed E-state index contributed by atoms with van der Waals surface area (Å²) < 4.78 is 16.6. The molecule has 29 heavy (non-hydrogen) atoms. The van der Waals surface area contributed by atoms with Gasteiger partial charge >= 0.3 is 18.2 Å². The highest BCUT2D eigenvalue weighted by Crippen LogP contribution is 2.39. The smallest absolute Gasteiger partial charge is 0.376 e. The number of halogens is 3. The fourth-order valence-electron chi connectivity index (χ4n) is 2.08. The quantitative estimate of drug-likeness (QED) is 0.238. The molecule has 160 valence electrons. The predicted molar refractivity (Wildman–Crippen MR) is 131 cm³/mol. The van der Waals surface area contributed by atoms with Crippen molar-refractivity contribution in [2.24, 2.45) is 0 Å². The van der Waals surface area contributed by atoms with Gasteiger partial charge in [-0.1, -0.05) is 0 Å². The molecule has 0 aromatic heterocycles. The molecule has 1 atom stereocenters. The molecule has 1 rings (SSSR count). The van der Waals surface area contributed by atoms with Crippen molar-refractivity contribution in [3.05, 3.63) is 16.3 Å². The van der Waals surface area contributed by atoms with Gasteiger partial charge in [0.1, 0.15) is 0 Å². The molecule has 0 radical (unpaired) electrons. The molecular formula is C17H19I3N2O7. The minimum atomic E-state index is -1.54. The molecule has 0 saturated carbocycles. The molecule has 2 N–H and O–H groups in total. The van der Waals surface area contributed by atoms with E-state index in [4.69, 9.17) is 14.2 Å². The number of hydrogen-bond donors (Lipinski definition) is 2. The topological polar surface area (TPSA) is 120 Å². The first kappa shape index (κ1) is 26.3. The maximum absolute atomic E-state index is 12.9. The average Bonchev–Trinajstić information content (AvgIpc) is 2.62. The molecule has 0 fully saturated rings. The maximum Gasteiger partial charge on any atom is 0.376 e. The van der Waals surface area contributed by atoms with Gasteiger partial charge in [-0.05, 0) is 81.6 Å². The second-order valence-corrected chi connectivity index (χ2v) is 8.61. The molecule has 9 nitrogen and oxygen atoms in total. The van der Waals surface area contributed by atoms with E-state index in [1.165, 1.54) is 13.8 Å². The summed E-state index contributed by atoms with van der Waals surface area (Å²) in [7, 11) is 0. The van der Waals surface area contributed by atoms with Crippen LogP contribution in [0.1, 0.15) is 38.1 Å². The Kier molecular flexibility index (Phi) is 11.0. The summed E-state index contributed by atoms with van der Waals surface area (Å²) in [5, 5.41) is 5.32.